The normalized spacial score (nSPS) is 16.8. The van der Waals surface area contributed by atoms with Gasteiger partial charge in [0.1, 0.15) is 5.69 Å². The van der Waals surface area contributed by atoms with Crippen molar-refractivity contribution in [1.29, 1.82) is 0 Å². The van der Waals surface area contributed by atoms with E-state index in [-0.39, 0.29) is 11.6 Å². The summed E-state index contributed by atoms with van der Waals surface area (Å²) in [6.07, 6.45) is 2.31. The molecule has 0 radical (unpaired) electrons. The van der Waals surface area contributed by atoms with Gasteiger partial charge in [-0.3, -0.25) is 9.89 Å². The molecule has 0 spiro atoms. The van der Waals surface area contributed by atoms with Gasteiger partial charge in [-0.2, -0.15) is 0 Å². The lowest BCUT2D eigenvalue weighted by atomic mass is 10.3. The molecule has 4 heteroatoms. The Bertz CT molecular complexity index is 371. The maximum atomic E-state index is 11.6. The average Bonchev–Trinajstić information content (AvgIpc) is 2.83. The van der Waals surface area contributed by atoms with Crippen LogP contribution in [0.15, 0.2) is 4.79 Å². The first-order valence-electron chi connectivity index (χ1n) is 4.71. The molecule has 1 aromatic rings. The fourth-order valence-electron chi connectivity index (χ4n) is 1.53. The largest absolute Gasteiger partial charge is 0.393 e. The molecule has 2 rings (SSSR count). The van der Waals surface area contributed by atoms with Gasteiger partial charge in [0.15, 0.2) is 0 Å². The molecule has 1 fully saturated rings. The van der Waals surface area contributed by atoms with Crippen LogP contribution in [0.1, 0.15) is 44.3 Å². The molecule has 3 N–H and O–H groups in total. The van der Waals surface area contributed by atoms with E-state index in [1.165, 1.54) is 0 Å². The summed E-state index contributed by atoms with van der Waals surface area (Å²) >= 11 is 0. The minimum atomic E-state index is -0.0723. The van der Waals surface area contributed by atoms with Gasteiger partial charge < -0.3 is 5.73 Å². The number of nitrogen functional groups attached to an aromatic ring is 1. The minimum Gasteiger partial charge on any atom is -0.393 e. The molecule has 0 bridgehead atoms. The lowest BCUT2D eigenvalue weighted by molar-refractivity contribution is 0.512. The highest BCUT2D eigenvalue weighted by Crippen LogP contribution is 2.40. The molecule has 0 unspecified atom stereocenters. The molecule has 1 saturated carbocycles. The summed E-state index contributed by atoms with van der Waals surface area (Å²) < 4.78 is 1.60. The smallest absolute Gasteiger partial charge is 0.290 e. The first-order chi connectivity index (χ1) is 6.11. The number of H-pyrrole nitrogens is 1. The predicted octanol–water partition coefficient (Wildman–Crippen LogP) is 1.22. The van der Waals surface area contributed by atoms with Crippen LogP contribution >= 0.6 is 0 Å². The van der Waals surface area contributed by atoms with E-state index in [9.17, 15) is 4.79 Å². The average molecular weight is 181 g/mol. The van der Waals surface area contributed by atoms with Crippen molar-refractivity contribution in [2.24, 2.45) is 0 Å². The van der Waals surface area contributed by atoms with Gasteiger partial charge in [0.25, 0.3) is 5.56 Å². The number of nitrogens with two attached hydrogens (primary N) is 1. The first kappa shape index (κ1) is 8.41. The fourth-order valence-corrected chi connectivity index (χ4v) is 1.53. The van der Waals surface area contributed by atoms with Crippen molar-refractivity contribution in [1.82, 2.24) is 9.78 Å². The molecule has 1 heterocycles. The second kappa shape index (κ2) is 2.65. The highest BCUT2D eigenvalue weighted by molar-refractivity contribution is 5.44. The van der Waals surface area contributed by atoms with Crippen LogP contribution in [0.5, 0.6) is 0 Å². The zero-order valence-corrected chi connectivity index (χ0v) is 8.00. The van der Waals surface area contributed by atoms with E-state index in [2.05, 4.69) is 5.10 Å². The number of nitrogens with one attached hydrogen (secondary N) is 1. The minimum absolute atomic E-state index is 0.0723. The molecule has 1 aromatic heterocycles. The van der Waals surface area contributed by atoms with Gasteiger partial charge >= 0.3 is 0 Å². The monoisotopic (exact) mass is 181 g/mol. The number of hydrogen-bond acceptors (Lipinski definition) is 2. The van der Waals surface area contributed by atoms with Crippen LogP contribution in [0.3, 0.4) is 0 Å². The Kier molecular flexibility index (Phi) is 1.71. The second-order valence-corrected chi connectivity index (χ2v) is 3.98. The van der Waals surface area contributed by atoms with Gasteiger partial charge in [0, 0.05) is 12.0 Å². The quantitative estimate of drug-likeness (QED) is 0.720. The summed E-state index contributed by atoms with van der Waals surface area (Å²) in [5.41, 5.74) is 7.00. The lowest BCUT2D eigenvalue weighted by Crippen LogP contribution is -2.20. The summed E-state index contributed by atoms with van der Waals surface area (Å²) in [5, 5.41) is 3.09. The molecule has 1 aliphatic carbocycles. The highest BCUT2D eigenvalue weighted by Gasteiger charge is 2.29. The molecule has 0 saturated heterocycles. The topological polar surface area (TPSA) is 63.8 Å². The van der Waals surface area contributed by atoms with Gasteiger partial charge in [-0.05, 0) is 26.7 Å². The molecule has 13 heavy (non-hydrogen) atoms. The van der Waals surface area contributed by atoms with E-state index in [0.29, 0.717) is 11.6 Å². The Hall–Kier alpha value is -1.19. The van der Waals surface area contributed by atoms with E-state index >= 15 is 0 Å². The third kappa shape index (κ3) is 1.26. The number of hydrogen-bond donors (Lipinski definition) is 2. The first-order valence-corrected chi connectivity index (χ1v) is 4.71. The van der Waals surface area contributed by atoms with Crippen molar-refractivity contribution in [3.63, 3.8) is 0 Å². The molecule has 0 aliphatic heterocycles. The van der Waals surface area contributed by atoms with Crippen LogP contribution in [0.4, 0.5) is 5.69 Å². The zero-order valence-electron chi connectivity index (χ0n) is 8.00. The molecule has 0 atom stereocenters. The second-order valence-electron chi connectivity index (χ2n) is 3.98. The van der Waals surface area contributed by atoms with Crippen LogP contribution in [-0.2, 0) is 0 Å². The maximum absolute atomic E-state index is 11.6. The Morgan fingerprint density at radius 3 is 2.54 bits per heavy atom. The van der Waals surface area contributed by atoms with Gasteiger partial charge in [-0.15, -0.1) is 0 Å². The number of anilines is 1. The van der Waals surface area contributed by atoms with E-state index in [1.54, 1.807) is 4.68 Å². The fraction of sp³-hybridized carbons (Fsp3) is 0.667. The number of nitrogens with zero attached hydrogens (tertiary/aromatic N) is 1. The molecule has 0 amide bonds. The molecular formula is C9H15N3O. The highest BCUT2D eigenvalue weighted by atomic mass is 16.1. The summed E-state index contributed by atoms with van der Waals surface area (Å²) in [6, 6.07) is 0.155. The molecule has 72 valence electrons. The Morgan fingerprint density at radius 1 is 1.54 bits per heavy atom. The van der Waals surface area contributed by atoms with Crippen molar-refractivity contribution in [3.05, 3.63) is 16.0 Å². The van der Waals surface area contributed by atoms with Gasteiger partial charge in [-0.1, -0.05) is 0 Å². The molecular weight excluding hydrogens is 166 g/mol. The third-order valence-electron chi connectivity index (χ3n) is 2.48. The predicted molar refractivity (Wildman–Crippen MR) is 51.8 cm³/mol. The van der Waals surface area contributed by atoms with Crippen molar-refractivity contribution in [2.75, 3.05) is 5.73 Å². The summed E-state index contributed by atoms with van der Waals surface area (Å²) in [4.78, 5) is 11.6. The molecule has 1 aliphatic rings. The van der Waals surface area contributed by atoms with E-state index in [1.807, 2.05) is 13.8 Å². The summed E-state index contributed by atoms with van der Waals surface area (Å²) in [7, 11) is 0. The van der Waals surface area contributed by atoms with E-state index < -0.39 is 0 Å². The van der Waals surface area contributed by atoms with Crippen LogP contribution in [0.25, 0.3) is 0 Å². The maximum Gasteiger partial charge on any atom is 0.290 e. The molecule has 0 aromatic carbocycles. The standard InChI is InChI=1S/C9H15N3O/c1-5(2)12-9(13)7(10)8(11-12)6-3-4-6/h5-6,11H,3-4,10H2,1-2H3. The van der Waals surface area contributed by atoms with E-state index in [4.69, 9.17) is 5.73 Å². The Labute approximate surface area is 76.7 Å². The Balaban J connectivity index is 2.48. The molecule has 4 nitrogen and oxygen atoms in total. The van der Waals surface area contributed by atoms with Gasteiger partial charge in [0.2, 0.25) is 0 Å². The van der Waals surface area contributed by atoms with Crippen molar-refractivity contribution in [3.8, 4) is 0 Å². The number of rotatable bonds is 2. The lowest BCUT2D eigenvalue weighted by Gasteiger charge is -2.03. The van der Waals surface area contributed by atoms with Crippen LogP contribution in [0, 0.1) is 0 Å². The van der Waals surface area contributed by atoms with Gasteiger partial charge in [0.05, 0.1) is 5.69 Å². The third-order valence-corrected chi connectivity index (χ3v) is 2.48. The van der Waals surface area contributed by atoms with Crippen LogP contribution in [-0.4, -0.2) is 9.78 Å². The van der Waals surface area contributed by atoms with Gasteiger partial charge in [-0.25, -0.2) is 4.68 Å². The van der Waals surface area contributed by atoms with Crippen LogP contribution in [0.2, 0.25) is 0 Å². The van der Waals surface area contributed by atoms with Crippen LogP contribution < -0.4 is 11.3 Å². The SMILES string of the molecule is CC(C)n1[nH]c(C2CC2)c(N)c1=O. The number of aromatic nitrogens is 2. The van der Waals surface area contributed by atoms with Crippen molar-refractivity contribution in [2.45, 2.75) is 38.6 Å². The summed E-state index contributed by atoms with van der Waals surface area (Å²) in [5.74, 6) is 0.507. The Morgan fingerprint density at radius 2 is 2.15 bits per heavy atom. The zero-order chi connectivity index (χ0) is 9.59. The van der Waals surface area contributed by atoms with E-state index in [0.717, 1.165) is 18.5 Å². The number of aromatic amines is 1. The van der Waals surface area contributed by atoms with Crippen molar-refractivity contribution >= 4 is 5.69 Å². The summed E-state index contributed by atoms with van der Waals surface area (Å²) in [6.45, 7) is 3.93. The van der Waals surface area contributed by atoms with Crippen molar-refractivity contribution < 1.29 is 0 Å².